The number of Topliss-reactive ketones (excluding diaryl/α,β-unsaturated/α-hetero) is 2. The molecule has 1 rings (SSSR count). The van der Waals surface area contributed by atoms with Gasteiger partial charge in [0.25, 0.3) is 0 Å². The van der Waals surface area contributed by atoms with E-state index in [9.17, 15) is 14.4 Å². The van der Waals surface area contributed by atoms with Crippen LogP contribution >= 0.6 is 0 Å². The van der Waals surface area contributed by atoms with Crippen LogP contribution in [-0.2, 0) is 19.1 Å². The summed E-state index contributed by atoms with van der Waals surface area (Å²) in [6.07, 6.45) is 7.32. The van der Waals surface area contributed by atoms with E-state index in [0.29, 0.717) is 12.0 Å². The average Bonchev–Trinajstić information content (AvgIpc) is 2.50. The van der Waals surface area contributed by atoms with Crippen LogP contribution in [-0.4, -0.2) is 23.6 Å². The van der Waals surface area contributed by atoms with Crippen molar-refractivity contribution in [2.75, 3.05) is 0 Å². The first-order valence-corrected chi connectivity index (χ1v) is 8.50. The highest BCUT2D eigenvalue weighted by Gasteiger charge is 2.39. The van der Waals surface area contributed by atoms with Crippen LogP contribution < -0.4 is 0 Å². The SMILES string of the molecule is C=C/C=C(C)/C=C/C1=C(C)C(=O)C(OC(=O)CCC(C)=O)CC1(C)C. The van der Waals surface area contributed by atoms with Gasteiger partial charge in [-0.3, -0.25) is 9.59 Å². The van der Waals surface area contributed by atoms with Crippen molar-refractivity contribution in [3.63, 3.8) is 0 Å². The molecule has 0 radical (unpaired) electrons. The number of ether oxygens (including phenoxy) is 1. The monoisotopic (exact) mass is 344 g/mol. The molecule has 0 amide bonds. The number of allylic oxidation sites excluding steroid dienone is 6. The van der Waals surface area contributed by atoms with Crippen molar-refractivity contribution in [1.29, 1.82) is 0 Å². The summed E-state index contributed by atoms with van der Waals surface area (Å²) in [5.41, 5.74) is 2.30. The Balaban J connectivity index is 2.98. The fraction of sp³-hybridized carbons (Fsp3) is 0.476. The molecule has 25 heavy (non-hydrogen) atoms. The van der Waals surface area contributed by atoms with Crippen molar-refractivity contribution in [2.45, 2.75) is 60.0 Å². The van der Waals surface area contributed by atoms with Gasteiger partial charge in [-0.25, -0.2) is 0 Å². The number of rotatable bonds is 7. The Labute approximate surface area is 150 Å². The largest absolute Gasteiger partial charge is 0.454 e. The quantitative estimate of drug-likeness (QED) is 0.511. The Kier molecular flexibility index (Phi) is 7.28. The van der Waals surface area contributed by atoms with Gasteiger partial charge in [-0.15, -0.1) is 0 Å². The summed E-state index contributed by atoms with van der Waals surface area (Å²) in [6.45, 7) is 12.9. The first kappa shape index (κ1) is 20.8. The van der Waals surface area contributed by atoms with Crippen molar-refractivity contribution in [1.82, 2.24) is 0 Å². The van der Waals surface area contributed by atoms with Gasteiger partial charge in [0, 0.05) is 12.8 Å². The van der Waals surface area contributed by atoms with E-state index in [4.69, 9.17) is 4.74 Å². The number of carbonyl (C=O) groups is 3. The predicted molar refractivity (Wildman–Crippen MR) is 99.0 cm³/mol. The van der Waals surface area contributed by atoms with Crippen molar-refractivity contribution in [3.05, 3.63) is 47.6 Å². The van der Waals surface area contributed by atoms with Gasteiger partial charge in [0.15, 0.2) is 11.9 Å². The Hall–Kier alpha value is -2.23. The molecule has 0 aromatic heterocycles. The molecule has 1 aliphatic carbocycles. The van der Waals surface area contributed by atoms with Gasteiger partial charge in [-0.2, -0.15) is 0 Å². The van der Waals surface area contributed by atoms with Crippen molar-refractivity contribution < 1.29 is 19.1 Å². The lowest BCUT2D eigenvalue weighted by Gasteiger charge is -2.36. The highest BCUT2D eigenvalue weighted by atomic mass is 16.5. The zero-order chi connectivity index (χ0) is 19.2. The third kappa shape index (κ3) is 5.96. The second kappa shape index (κ2) is 8.75. The van der Waals surface area contributed by atoms with Gasteiger partial charge >= 0.3 is 5.97 Å². The highest BCUT2D eigenvalue weighted by Crippen LogP contribution is 2.40. The number of esters is 1. The molecule has 4 heteroatoms. The van der Waals surface area contributed by atoms with Gasteiger partial charge in [0.1, 0.15) is 5.78 Å². The number of carbonyl (C=O) groups excluding carboxylic acids is 3. The third-order valence-corrected chi connectivity index (χ3v) is 4.34. The van der Waals surface area contributed by atoms with Crippen LogP contribution in [0.3, 0.4) is 0 Å². The molecule has 0 fully saturated rings. The van der Waals surface area contributed by atoms with Crippen molar-refractivity contribution in [3.8, 4) is 0 Å². The van der Waals surface area contributed by atoms with Crippen LogP contribution in [0.4, 0.5) is 0 Å². The van der Waals surface area contributed by atoms with Crippen LogP contribution in [0, 0.1) is 5.41 Å². The maximum atomic E-state index is 12.6. The molecule has 0 spiro atoms. The maximum absolute atomic E-state index is 12.6. The van der Waals surface area contributed by atoms with Gasteiger partial charge in [0.2, 0.25) is 0 Å². The fourth-order valence-electron chi connectivity index (χ4n) is 2.95. The van der Waals surface area contributed by atoms with E-state index in [0.717, 1.165) is 11.1 Å². The summed E-state index contributed by atoms with van der Waals surface area (Å²) in [6, 6.07) is 0. The van der Waals surface area contributed by atoms with E-state index < -0.39 is 12.1 Å². The van der Waals surface area contributed by atoms with E-state index in [1.54, 1.807) is 13.0 Å². The minimum Gasteiger partial charge on any atom is -0.454 e. The lowest BCUT2D eigenvalue weighted by molar-refractivity contribution is -0.156. The summed E-state index contributed by atoms with van der Waals surface area (Å²) in [5.74, 6) is -0.736. The predicted octanol–water partition coefficient (Wildman–Crippen LogP) is 4.27. The molecule has 0 heterocycles. The Morgan fingerprint density at radius 2 is 1.92 bits per heavy atom. The second-order valence-corrected chi connectivity index (χ2v) is 7.15. The van der Waals surface area contributed by atoms with Crippen LogP contribution in [0.25, 0.3) is 0 Å². The van der Waals surface area contributed by atoms with Gasteiger partial charge < -0.3 is 9.53 Å². The van der Waals surface area contributed by atoms with Gasteiger partial charge in [-0.1, -0.05) is 50.3 Å². The Morgan fingerprint density at radius 1 is 1.28 bits per heavy atom. The molecular formula is C21H28O4. The van der Waals surface area contributed by atoms with Gasteiger partial charge in [-0.05, 0) is 37.3 Å². The molecule has 0 aliphatic heterocycles. The van der Waals surface area contributed by atoms with E-state index in [1.165, 1.54) is 6.92 Å². The third-order valence-electron chi connectivity index (χ3n) is 4.34. The van der Waals surface area contributed by atoms with E-state index in [2.05, 4.69) is 6.58 Å². The average molecular weight is 344 g/mol. The topological polar surface area (TPSA) is 60.4 Å². The van der Waals surface area contributed by atoms with E-state index in [1.807, 2.05) is 39.0 Å². The van der Waals surface area contributed by atoms with E-state index >= 15 is 0 Å². The van der Waals surface area contributed by atoms with Crippen molar-refractivity contribution >= 4 is 17.5 Å². The lowest BCUT2D eigenvalue weighted by Crippen LogP contribution is -2.39. The molecule has 1 atom stereocenters. The standard InChI is InChI=1S/C21H28O4/c1-7-8-14(2)9-11-17-16(4)20(24)18(13-21(17,5)6)25-19(23)12-10-15(3)22/h7-9,11,18H,1,10,12-13H2,2-6H3/b11-9+,14-8+. The molecule has 136 valence electrons. The fourth-order valence-corrected chi connectivity index (χ4v) is 2.95. The summed E-state index contributed by atoms with van der Waals surface area (Å²) in [4.78, 5) is 35.5. The summed E-state index contributed by atoms with van der Waals surface area (Å²) >= 11 is 0. The molecule has 0 saturated carbocycles. The molecule has 4 nitrogen and oxygen atoms in total. The molecular weight excluding hydrogens is 316 g/mol. The van der Waals surface area contributed by atoms with E-state index in [-0.39, 0.29) is 29.8 Å². The minimum absolute atomic E-state index is 0.0145. The Bertz CT molecular complexity index is 659. The van der Waals surface area contributed by atoms with Crippen LogP contribution in [0.1, 0.15) is 53.9 Å². The molecule has 0 N–H and O–H groups in total. The molecule has 1 unspecified atom stereocenters. The summed E-state index contributed by atoms with van der Waals surface area (Å²) < 4.78 is 5.35. The van der Waals surface area contributed by atoms with Crippen LogP contribution in [0.5, 0.6) is 0 Å². The Morgan fingerprint density at radius 3 is 2.48 bits per heavy atom. The zero-order valence-corrected chi connectivity index (χ0v) is 15.8. The van der Waals surface area contributed by atoms with Crippen molar-refractivity contribution in [2.24, 2.45) is 5.41 Å². The summed E-state index contributed by atoms with van der Waals surface area (Å²) in [5, 5.41) is 0. The molecule has 0 saturated heterocycles. The highest BCUT2D eigenvalue weighted by molar-refractivity contribution is 6.01. The molecule has 1 aliphatic rings. The molecule has 0 aromatic carbocycles. The number of ketones is 2. The molecule has 0 bridgehead atoms. The number of hydrogen-bond acceptors (Lipinski definition) is 4. The lowest BCUT2D eigenvalue weighted by atomic mass is 9.71. The molecule has 0 aromatic rings. The number of hydrogen-bond donors (Lipinski definition) is 0. The minimum atomic E-state index is -0.781. The first-order valence-electron chi connectivity index (χ1n) is 8.50. The smallest absolute Gasteiger partial charge is 0.306 e. The first-order chi connectivity index (χ1) is 11.6. The van der Waals surface area contributed by atoms with Gasteiger partial charge in [0.05, 0.1) is 6.42 Å². The van der Waals surface area contributed by atoms with Crippen LogP contribution in [0.2, 0.25) is 0 Å². The van der Waals surface area contributed by atoms with Crippen LogP contribution in [0.15, 0.2) is 47.6 Å². The zero-order valence-electron chi connectivity index (χ0n) is 15.8. The second-order valence-electron chi connectivity index (χ2n) is 7.15. The normalized spacial score (nSPS) is 20.8. The maximum Gasteiger partial charge on any atom is 0.306 e. The summed E-state index contributed by atoms with van der Waals surface area (Å²) in [7, 11) is 0.